The number of nitrogens with zero attached hydrogens (tertiary/aromatic N) is 1. The van der Waals surface area contributed by atoms with Gasteiger partial charge < -0.3 is 4.90 Å². The van der Waals surface area contributed by atoms with Crippen LogP contribution in [-0.2, 0) is 5.41 Å². The molecular formula is C61H43NS. The Hall–Kier alpha value is -7.52. The number of rotatable bonds is 7. The molecular weight excluding hydrogens is 779 g/mol. The molecule has 0 atom stereocenters. The summed E-state index contributed by atoms with van der Waals surface area (Å²) in [5, 5.41) is 5.11. The van der Waals surface area contributed by atoms with Crippen LogP contribution in [0.15, 0.2) is 224 Å². The highest BCUT2D eigenvalue weighted by Crippen LogP contribution is 2.53. The first-order valence-electron chi connectivity index (χ1n) is 21.8. The zero-order chi connectivity index (χ0) is 42.1. The van der Waals surface area contributed by atoms with Crippen LogP contribution < -0.4 is 4.90 Å². The van der Waals surface area contributed by atoms with Gasteiger partial charge in [-0.3, -0.25) is 0 Å². The number of thiophene rings is 1. The predicted octanol–water partition coefficient (Wildman–Crippen LogP) is 17.7. The van der Waals surface area contributed by atoms with Crippen molar-refractivity contribution in [3.8, 4) is 55.6 Å². The average molecular weight is 822 g/mol. The molecule has 298 valence electrons. The molecule has 1 nitrogen and oxygen atoms in total. The quantitative estimate of drug-likeness (QED) is 0.155. The molecule has 0 unspecified atom stereocenters. The lowest BCUT2D eigenvalue weighted by Gasteiger charge is -2.29. The van der Waals surface area contributed by atoms with Crippen LogP contribution >= 0.6 is 11.3 Å². The fourth-order valence-corrected chi connectivity index (χ4v) is 11.5. The van der Waals surface area contributed by atoms with Crippen LogP contribution in [0.2, 0.25) is 0 Å². The van der Waals surface area contributed by atoms with E-state index in [1.54, 1.807) is 0 Å². The molecule has 0 saturated carbocycles. The maximum Gasteiger partial charge on any atom is 0.0546 e. The monoisotopic (exact) mass is 821 g/mol. The summed E-state index contributed by atoms with van der Waals surface area (Å²) < 4.78 is 2.64. The minimum absolute atomic E-state index is 0.109. The molecule has 11 aromatic rings. The number of fused-ring (bicyclic) bond motifs is 7. The molecule has 0 aliphatic heterocycles. The first-order valence-corrected chi connectivity index (χ1v) is 22.7. The molecule has 0 bridgehead atoms. The highest BCUT2D eigenvalue weighted by atomic mass is 32.1. The summed E-state index contributed by atoms with van der Waals surface area (Å²) in [4.78, 5) is 2.46. The molecule has 1 aliphatic rings. The van der Waals surface area contributed by atoms with Crippen LogP contribution in [0.1, 0.15) is 25.0 Å². The standard InChI is InChI=1S/C61H43NS/c1-61(2)56-27-10-8-20-52(56)54-25-13-23-50(59(54)61)42-29-34-45(35-30-42)62(46-36-31-43(32-37-46)51-24-14-26-55-53-21-9-11-28-58(53)63-60(51)55)57-39-44(33-38-49(57)41-15-4-3-5-16-41)48-22-12-18-40-17-6-7-19-47(40)48/h3-39H,1-2H3. The van der Waals surface area contributed by atoms with Gasteiger partial charge in [0.1, 0.15) is 0 Å². The van der Waals surface area contributed by atoms with E-state index in [0.717, 1.165) is 17.1 Å². The van der Waals surface area contributed by atoms with Crippen LogP contribution in [0.3, 0.4) is 0 Å². The molecule has 0 amide bonds. The number of hydrogen-bond donors (Lipinski definition) is 0. The minimum Gasteiger partial charge on any atom is -0.310 e. The molecule has 0 spiro atoms. The molecule has 63 heavy (non-hydrogen) atoms. The van der Waals surface area contributed by atoms with E-state index in [9.17, 15) is 0 Å². The summed E-state index contributed by atoms with van der Waals surface area (Å²) in [6, 6.07) is 82.9. The Labute approximate surface area is 372 Å². The Morgan fingerprint density at radius 3 is 1.71 bits per heavy atom. The number of hydrogen-bond acceptors (Lipinski definition) is 2. The van der Waals surface area contributed by atoms with Gasteiger partial charge in [0.15, 0.2) is 0 Å². The van der Waals surface area contributed by atoms with Gasteiger partial charge in [-0.2, -0.15) is 0 Å². The molecule has 0 radical (unpaired) electrons. The van der Waals surface area contributed by atoms with Crippen molar-refractivity contribution in [1.29, 1.82) is 0 Å². The van der Waals surface area contributed by atoms with Crippen molar-refractivity contribution in [3.05, 3.63) is 236 Å². The van der Waals surface area contributed by atoms with Gasteiger partial charge in [0.25, 0.3) is 0 Å². The maximum absolute atomic E-state index is 2.46. The average Bonchev–Trinajstić information content (AvgIpc) is 3.84. The molecule has 1 aliphatic carbocycles. The summed E-state index contributed by atoms with van der Waals surface area (Å²) in [6.07, 6.45) is 0. The maximum atomic E-state index is 2.46. The largest absolute Gasteiger partial charge is 0.310 e. The third kappa shape index (κ3) is 6.13. The van der Waals surface area contributed by atoms with Crippen molar-refractivity contribution in [2.75, 3.05) is 4.90 Å². The normalized spacial score (nSPS) is 12.7. The number of benzene rings is 10. The van der Waals surface area contributed by atoms with Gasteiger partial charge in [0.2, 0.25) is 0 Å². The second-order valence-electron chi connectivity index (χ2n) is 17.2. The Morgan fingerprint density at radius 1 is 0.365 bits per heavy atom. The van der Waals surface area contributed by atoms with Gasteiger partial charge >= 0.3 is 0 Å². The molecule has 0 fully saturated rings. The zero-order valence-electron chi connectivity index (χ0n) is 35.2. The highest BCUT2D eigenvalue weighted by molar-refractivity contribution is 7.26. The van der Waals surface area contributed by atoms with Gasteiger partial charge in [-0.1, -0.05) is 202 Å². The van der Waals surface area contributed by atoms with Crippen molar-refractivity contribution in [2.45, 2.75) is 19.3 Å². The van der Waals surface area contributed by atoms with E-state index in [0.29, 0.717) is 0 Å². The molecule has 0 saturated heterocycles. The lowest BCUT2D eigenvalue weighted by atomic mass is 9.79. The van der Waals surface area contributed by atoms with Crippen molar-refractivity contribution >= 4 is 59.3 Å². The fourth-order valence-electron chi connectivity index (χ4n) is 10.3. The van der Waals surface area contributed by atoms with Crippen molar-refractivity contribution in [1.82, 2.24) is 0 Å². The van der Waals surface area contributed by atoms with E-state index in [1.165, 1.54) is 97.7 Å². The van der Waals surface area contributed by atoms with Gasteiger partial charge in [-0.15, -0.1) is 11.3 Å². The van der Waals surface area contributed by atoms with Gasteiger partial charge in [0.05, 0.1) is 5.69 Å². The summed E-state index contributed by atoms with van der Waals surface area (Å²) in [7, 11) is 0. The van der Waals surface area contributed by atoms with Crippen LogP contribution in [0.4, 0.5) is 17.1 Å². The Balaban J connectivity index is 1.04. The van der Waals surface area contributed by atoms with Gasteiger partial charge in [-0.25, -0.2) is 0 Å². The van der Waals surface area contributed by atoms with Crippen molar-refractivity contribution < 1.29 is 0 Å². The van der Waals surface area contributed by atoms with E-state index in [1.807, 2.05) is 11.3 Å². The van der Waals surface area contributed by atoms with Crippen LogP contribution in [-0.4, -0.2) is 0 Å². The fraction of sp³-hybridized carbons (Fsp3) is 0.0492. The first kappa shape index (κ1) is 37.3. The third-order valence-corrected chi connectivity index (χ3v) is 14.5. The summed E-state index contributed by atoms with van der Waals surface area (Å²) in [5.41, 5.74) is 18.4. The zero-order valence-corrected chi connectivity index (χ0v) is 36.0. The van der Waals surface area contributed by atoms with Gasteiger partial charge in [-0.05, 0) is 108 Å². The topological polar surface area (TPSA) is 3.24 Å². The molecule has 1 aromatic heterocycles. The van der Waals surface area contributed by atoms with Gasteiger partial charge in [0, 0.05) is 42.5 Å². The minimum atomic E-state index is -0.109. The summed E-state index contributed by atoms with van der Waals surface area (Å²) >= 11 is 1.88. The lowest BCUT2D eigenvalue weighted by molar-refractivity contribution is 0.662. The summed E-state index contributed by atoms with van der Waals surface area (Å²) in [5.74, 6) is 0. The second-order valence-corrected chi connectivity index (χ2v) is 18.3. The van der Waals surface area contributed by atoms with Crippen molar-refractivity contribution in [3.63, 3.8) is 0 Å². The number of anilines is 3. The van der Waals surface area contributed by atoms with Crippen molar-refractivity contribution in [2.24, 2.45) is 0 Å². The van der Waals surface area contributed by atoms with Crippen LogP contribution in [0, 0.1) is 0 Å². The van der Waals surface area contributed by atoms with E-state index < -0.39 is 0 Å². The van der Waals surface area contributed by atoms with E-state index in [4.69, 9.17) is 0 Å². The summed E-state index contributed by atoms with van der Waals surface area (Å²) in [6.45, 7) is 4.74. The molecule has 12 rings (SSSR count). The van der Waals surface area contributed by atoms with Crippen LogP contribution in [0.25, 0.3) is 86.6 Å². The predicted molar refractivity (Wildman–Crippen MR) is 271 cm³/mol. The molecule has 0 N–H and O–H groups in total. The first-order chi connectivity index (χ1) is 31.0. The van der Waals surface area contributed by atoms with E-state index >= 15 is 0 Å². The van der Waals surface area contributed by atoms with E-state index in [-0.39, 0.29) is 5.41 Å². The SMILES string of the molecule is CC1(C)c2ccccc2-c2cccc(-c3ccc(N(c4ccc(-c5cccc6c5sc5ccccc56)cc4)c4cc(-c5cccc6ccccc56)ccc4-c4ccccc4)cc3)c21. The molecule has 10 aromatic carbocycles. The smallest absolute Gasteiger partial charge is 0.0546 e. The highest BCUT2D eigenvalue weighted by Gasteiger charge is 2.37. The molecule has 2 heteroatoms. The lowest BCUT2D eigenvalue weighted by Crippen LogP contribution is -2.16. The second kappa shape index (κ2) is 14.8. The van der Waals surface area contributed by atoms with Crippen LogP contribution in [0.5, 0.6) is 0 Å². The van der Waals surface area contributed by atoms with E-state index in [2.05, 4.69) is 243 Å². The molecule has 1 heterocycles. The Morgan fingerprint density at radius 2 is 0.905 bits per heavy atom. The Bertz CT molecular complexity index is 3520. The Kier molecular flexibility index (Phi) is 8.77. The third-order valence-electron chi connectivity index (χ3n) is 13.3.